The van der Waals surface area contributed by atoms with Crippen LogP contribution in [0.2, 0.25) is 0 Å². The minimum Gasteiger partial charge on any atom is -0.461 e. The van der Waals surface area contributed by atoms with Gasteiger partial charge in [0.1, 0.15) is 23.1 Å². The number of anilines is 1. The zero-order chi connectivity index (χ0) is 21.6. The van der Waals surface area contributed by atoms with Gasteiger partial charge in [0.25, 0.3) is 0 Å². The van der Waals surface area contributed by atoms with Crippen LogP contribution in [-0.2, 0) is 23.7 Å². The lowest BCUT2D eigenvalue weighted by atomic mass is 9.89. The highest BCUT2D eigenvalue weighted by Gasteiger charge is 2.58. The Balaban J connectivity index is 1.62. The zero-order valence-corrected chi connectivity index (χ0v) is 16.8. The Kier molecular flexibility index (Phi) is 4.91. The first kappa shape index (κ1) is 20.2. The predicted molar refractivity (Wildman–Crippen MR) is 102 cm³/mol. The summed E-state index contributed by atoms with van der Waals surface area (Å²) in [6, 6.07) is 6.34. The summed E-state index contributed by atoms with van der Waals surface area (Å²) in [5.41, 5.74) is -1.21. The molecule has 1 unspecified atom stereocenters. The van der Waals surface area contributed by atoms with Crippen molar-refractivity contribution in [3.8, 4) is 5.75 Å². The fourth-order valence-electron chi connectivity index (χ4n) is 3.74. The summed E-state index contributed by atoms with van der Waals surface area (Å²) in [6.45, 7) is 4.89. The monoisotopic (exact) mass is 419 g/mol. The summed E-state index contributed by atoms with van der Waals surface area (Å²) < 4.78 is 33.2. The molecule has 4 rings (SSSR count). The summed E-state index contributed by atoms with van der Waals surface area (Å²) in [6.07, 6.45) is -3.87. The molecule has 30 heavy (non-hydrogen) atoms. The largest absolute Gasteiger partial charge is 0.509 e. The normalized spacial score (nSPS) is 27.1. The number of ether oxygens (including phenoxy) is 5. The average molecular weight is 419 g/mol. The van der Waals surface area contributed by atoms with Gasteiger partial charge in [-0.2, -0.15) is 0 Å². The van der Waals surface area contributed by atoms with Crippen LogP contribution >= 0.6 is 0 Å². The maximum Gasteiger partial charge on any atom is 0.509 e. The van der Waals surface area contributed by atoms with Gasteiger partial charge >= 0.3 is 11.8 Å². The molecule has 1 aromatic heterocycles. The molecule has 0 spiro atoms. The van der Waals surface area contributed by atoms with Gasteiger partial charge in [-0.1, -0.05) is 0 Å². The SMILES string of the molecule is CO[C@@H]1[C@H]2OC(=O)O[C@@H]2C(Oc2ccc3cc(NC(C)=O)c(=O)oc3c2)OC1(C)C. The van der Waals surface area contributed by atoms with Crippen LogP contribution in [0.4, 0.5) is 10.5 Å². The topological polar surface area (TPSA) is 123 Å². The van der Waals surface area contributed by atoms with Gasteiger partial charge in [-0.05, 0) is 32.0 Å². The van der Waals surface area contributed by atoms with E-state index >= 15 is 0 Å². The maximum atomic E-state index is 12.1. The molecular weight excluding hydrogens is 398 g/mol. The second-order valence-electron chi connectivity index (χ2n) is 7.61. The lowest BCUT2D eigenvalue weighted by molar-refractivity contribution is -0.282. The molecule has 10 heteroatoms. The number of methoxy groups -OCH3 is 1. The molecule has 4 atom stereocenters. The first-order chi connectivity index (χ1) is 14.2. The summed E-state index contributed by atoms with van der Waals surface area (Å²) in [4.78, 5) is 35.0. The van der Waals surface area contributed by atoms with Crippen molar-refractivity contribution in [3.05, 3.63) is 34.7 Å². The Morgan fingerprint density at radius 2 is 1.87 bits per heavy atom. The molecule has 1 N–H and O–H groups in total. The van der Waals surface area contributed by atoms with Crippen LogP contribution in [0.1, 0.15) is 20.8 Å². The third-order valence-corrected chi connectivity index (χ3v) is 4.98. The number of hydrogen-bond donors (Lipinski definition) is 1. The fourth-order valence-corrected chi connectivity index (χ4v) is 3.74. The van der Waals surface area contributed by atoms with Crippen LogP contribution in [0, 0.1) is 0 Å². The third kappa shape index (κ3) is 3.59. The molecule has 3 heterocycles. The Morgan fingerprint density at radius 3 is 2.57 bits per heavy atom. The Labute approximate surface area is 171 Å². The number of carbonyl (C=O) groups is 2. The standard InChI is InChI=1S/C20H21NO9/c1-9(22)21-12-7-10-5-6-11(8-13(10)27-17(12)23)26-18-15-14(28-19(24)29-15)16(25-4)20(2,3)30-18/h5-8,14-16,18H,1-4H3,(H,21,22)/t14-,15-,16+,18?/m0/s1. The van der Waals surface area contributed by atoms with E-state index in [0.29, 0.717) is 11.1 Å². The van der Waals surface area contributed by atoms with Crippen molar-refractivity contribution in [3.63, 3.8) is 0 Å². The molecular formula is C20H21NO9. The predicted octanol–water partition coefficient (Wildman–Crippen LogP) is 2.18. The first-order valence-electron chi connectivity index (χ1n) is 9.28. The van der Waals surface area contributed by atoms with Crippen LogP contribution in [0.5, 0.6) is 5.75 Å². The van der Waals surface area contributed by atoms with Crippen LogP contribution in [0.15, 0.2) is 33.5 Å². The molecule has 2 aliphatic heterocycles. The van der Waals surface area contributed by atoms with Crippen LogP contribution in [0.3, 0.4) is 0 Å². The molecule has 2 saturated heterocycles. The van der Waals surface area contributed by atoms with E-state index in [0.717, 1.165) is 0 Å². The summed E-state index contributed by atoms with van der Waals surface area (Å²) in [5.74, 6) is -0.0489. The van der Waals surface area contributed by atoms with Gasteiger partial charge < -0.3 is 33.4 Å². The number of nitrogens with one attached hydrogen (secondary N) is 1. The third-order valence-electron chi connectivity index (χ3n) is 4.98. The van der Waals surface area contributed by atoms with E-state index in [9.17, 15) is 14.4 Å². The zero-order valence-electron chi connectivity index (χ0n) is 16.8. The number of carbonyl (C=O) groups excluding carboxylic acids is 2. The van der Waals surface area contributed by atoms with Crippen LogP contribution in [-0.4, -0.2) is 49.4 Å². The van der Waals surface area contributed by atoms with E-state index in [1.54, 1.807) is 26.0 Å². The fraction of sp³-hybridized carbons (Fsp3) is 0.450. The highest BCUT2D eigenvalue weighted by atomic mass is 16.8. The maximum absolute atomic E-state index is 12.1. The first-order valence-corrected chi connectivity index (χ1v) is 9.28. The second-order valence-corrected chi connectivity index (χ2v) is 7.61. The molecule has 1 amide bonds. The molecule has 160 valence electrons. The quantitative estimate of drug-likeness (QED) is 0.587. The highest BCUT2D eigenvalue weighted by Crippen LogP contribution is 2.38. The van der Waals surface area contributed by atoms with Crippen molar-refractivity contribution in [2.75, 3.05) is 12.4 Å². The Morgan fingerprint density at radius 1 is 1.13 bits per heavy atom. The minimum atomic E-state index is -0.967. The Hall–Kier alpha value is -3.11. The lowest BCUT2D eigenvalue weighted by Crippen LogP contribution is -2.62. The molecule has 0 bridgehead atoms. The van der Waals surface area contributed by atoms with E-state index in [-0.39, 0.29) is 17.2 Å². The second kappa shape index (κ2) is 7.29. The van der Waals surface area contributed by atoms with Crippen LogP contribution in [0.25, 0.3) is 11.0 Å². The van der Waals surface area contributed by atoms with E-state index < -0.39 is 42.0 Å². The van der Waals surface area contributed by atoms with Crippen molar-refractivity contribution in [1.29, 1.82) is 0 Å². The number of amides is 1. The molecule has 0 aliphatic carbocycles. The number of hydrogen-bond acceptors (Lipinski definition) is 9. The smallest absolute Gasteiger partial charge is 0.461 e. The molecule has 0 saturated carbocycles. The van der Waals surface area contributed by atoms with Crippen molar-refractivity contribution in [2.24, 2.45) is 0 Å². The summed E-state index contributed by atoms with van der Waals surface area (Å²) >= 11 is 0. The van der Waals surface area contributed by atoms with Gasteiger partial charge in [-0.3, -0.25) is 4.79 Å². The van der Waals surface area contributed by atoms with Crippen molar-refractivity contribution < 1.29 is 37.7 Å². The van der Waals surface area contributed by atoms with E-state index in [1.807, 2.05) is 0 Å². The number of fused-ring (bicyclic) bond motifs is 2. The Bertz CT molecular complexity index is 1060. The van der Waals surface area contributed by atoms with E-state index in [2.05, 4.69) is 5.32 Å². The van der Waals surface area contributed by atoms with Crippen molar-refractivity contribution >= 4 is 28.7 Å². The molecule has 10 nitrogen and oxygen atoms in total. The summed E-state index contributed by atoms with van der Waals surface area (Å²) in [7, 11) is 1.50. The number of rotatable bonds is 4. The van der Waals surface area contributed by atoms with Crippen molar-refractivity contribution in [1.82, 2.24) is 0 Å². The van der Waals surface area contributed by atoms with Gasteiger partial charge in [-0.15, -0.1) is 0 Å². The molecule has 2 aromatic rings. The van der Waals surface area contributed by atoms with E-state index in [1.165, 1.54) is 26.2 Å². The highest BCUT2D eigenvalue weighted by molar-refractivity contribution is 5.91. The minimum absolute atomic E-state index is 0.0458. The molecule has 2 aliphatic rings. The van der Waals surface area contributed by atoms with Gasteiger partial charge in [-0.25, -0.2) is 9.59 Å². The van der Waals surface area contributed by atoms with Gasteiger partial charge in [0.05, 0.1) is 5.60 Å². The van der Waals surface area contributed by atoms with Crippen molar-refractivity contribution in [2.45, 2.75) is 51.0 Å². The summed E-state index contributed by atoms with van der Waals surface area (Å²) in [5, 5.41) is 3.01. The number of benzene rings is 1. The lowest BCUT2D eigenvalue weighted by Gasteiger charge is -2.45. The van der Waals surface area contributed by atoms with Gasteiger partial charge in [0.15, 0.2) is 6.10 Å². The van der Waals surface area contributed by atoms with Gasteiger partial charge in [0, 0.05) is 25.5 Å². The van der Waals surface area contributed by atoms with Gasteiger partial charge in [0.2, 0.25) is 18.3 Å². The molecule has 1 aromatic carbocycles. The van der Waals surface area contributed by atoms with Crippen LogP contribution < -0.4 is 15.7 Å². The van der Waals surface area contributed by atoms with E-state index in [4.69, 9.17) is 28.1 Å². The molecule has 0 radical (unpaired) electrons. The molecule has 2 fully saturated rings. The average Bonchev–Trinajstić information content (AvgIpc) is 3.03.